The van der Waals surface area contributed by atoms with Gasteiger partial charge in [0.15, 0.2) is 6.61 Å². The molecule has 0 aliphatic carbocycles. The predicted octanol–water partition coefficient (Wildman–Crippen LogP) is 2.90. The second-order valence-corrected chi connectivity index (χ2v) is 9.40. The summed E-state index contributed by atoms with van der Waals surface area (Å²) in [5, 5.41) is 2.80. The molecule has 8 heteroatoms. The van der Waals surface area contributed by atoms with E-state index in [9.17, 15) is 18.0 Å². The highest BCUT2D eigenvalue weighted by Gasteiger charge is 2.31. The summed E-state index contributed by atoms with van der Waals surface area (Å²) in [6, 6.07) is 17.1. The molecule has 0 spiro atoms. The summed E-state index contributed by atoms with van der Waals surface area (Å²) in [5.41, 5.74) is 2.49. The first-order chi connectivity index (χ1) is 14.4. The molecule has 1 amide bonds. The van der Waals surface area contributed by atoms with Crippen LogP contribution in [0.2, 0.25) is 0 Å². The Morgan fingerprint density at radius 2 is 1.67 bits per heavy atom. The second-order valence-electron chi connectivity index (χ2n) is 7.14. The van der Waals surface area contributed by atoms with Crippen molar-refractivity contribution in [2.24, 2.45) is 5.92 Å². The smallest absolute Gasteiger partial charge is 0.309 e. The Labute approximate surface area is 177 Å². The summed E-state index contributed by atoms with van der Waals surface area (Å²) in [6.45, 7) is 1.82. The number of nitrogens with zero attached hydrogens (tertiary/aromatic N) is 1. The highest BCUT2D eigenvalue weighted by molar-refractivity contribution is 7.89. The van der Waals surface area contributed by atoms with Crippen molar-refractivity contribution in [3.8, 4) is 11.1 Å². The van der Waals surface area contributed by atoms with Crippen molar-refractivity contribution in [1.82, 2.24) is 4.31 Å². The number of nitrogens with one attached hydrogen (secondary N) is 1. The molecule has 0 aromatic heterocycles. The van der Waals surface area contributed by atoms with E-state index < -0.39 is 27.8 Å². The molecule has 0 bridgehead atoms. The molecular weight excluding hydrogens is 404 g/mol. The molecule has 160 valence electrons. The van der Waals surface area contributed by atoms with Gasteiger partial charge in [0.1, 0.15) is 0 Å². The van der Waals surface area contributed by atoms with Crippen LogP contribution in [0.4, 0.5) is 5.69 Å². The molecule has 1 heterocycles. The number of sulfonamides is 1. The SMILES string of the molecule is CCS(=O)(=O)N1CCC(C(=O)OCC(=O)Nc2ccccc2-c2ccccc2)CC1. The van der Waals surface area contributed by atoms with Crippen molar-refractivity contribution in [2.45, 2.75) is 19.8 Å². The lowest BCUT2D eigenvalue weighted by Crippen LogP contribution is -2.41. The largest absolute Gasteiger partial charge is 0.455 e. The van der Waals surface area contributed by atoms with Gasteiger partial charge >= 0.3 is 5.97 Å². The van der Waals surface area contributed by atoms with Crippen LogP contribution in [0.3, 0.4) is 0 Å². The van der Waals surface area contributed by atoms with Crippen molar-refractivity contribution in [3.05, 3.63) is 54.6 Å². The number of piperidine rings is 1. The average molecular weight is 431 g/mol. The number of amides is 1. The summed E-state index contributed by atoms with van der Waals surface area (Å²) in [5.74, 6) is -1.22. The Kier molecular flexibility index (Phi) is 7.23. The first-order valence-corrected chi connectivity index (χ1v) is 11.6. The van der Waals surface area contributed by atoms with Crippen LogP contribution in [0.5, 0.6) is 0 Å². The number of hydrogen-bond donors (Lipinski definition) is 1. The Morgan fingerprint density at radius 1 is 1.03 bits per heavy atom. The van der Waals surface area contributed by atoms with Gasteiger partial charge in [0, 0.05) is 24.3 Å². The van der Waals surface area contributed by atoms with Gasteiger partial charge < -0.3 is 10.1 Å². The fourth-order valence-corrected chi connectivity index (χ4v) is 4.59. The molecule has 2 aromatic carbocycles. The lowest BCUT2D eigenvalue weighted by molar-refractivity contribution is -0.152. The number of benzene rings is 2. The average Bonchev–Trinajstić information content (AvgIpc) is 2.78. The molecule has 0 atom stereocenters. The number of hydrogen-bond acceptors (Lipinski definition) is 5. The Hall–Kier alpha value is -2.71. The number of ether oxygens (including phenoxy) is 1. The summed E-state index contributed by atoms with van der Waals surface area (Å²) in [6.07, 6.45) is 0.799. The summed E-state index contributed by atoms with van der Waals surface area (Å²) in [7, 11) is -3.24. The number of rotatable bonds is 7. The molecule has 3 rings (SSSR count). The van der Waals surface area contributed by atoms with E-state index in [2.05, 4.69) is 5.32 Å². The first-order valence-electron chi connectivity index (χ1n) is 9.99. The third kappa shape index (κ3) is 5.46. The fourth-order valence-electron chi connectivity index (χ4n) is 3.45. The van der Waals surface area contributed by atoms with Gasteiger partial charge in [-0.2, -0.15) is 0 Å². The third-order valence-corrected chi connectivity index (χ3v) is 7.06. The van der Waals surface area contributed by atoms with Crippen LogP contribution in [0.1, 0.15) is 19.8 Å². The minimum atomic E-state index is -3.24. The highest BCUT2D eigenvalue weighted by Crippen LogP contribution is 2.27. The quantitative estimate of drug-likeness (QED) is 0.682. The molecule has 1 fully saturated rings. The summed E-state index contributed by atoms with van der Waals surface area (Å²) < 4.78 is 30.4. The standard InChI is InChI=1S/C22H26N2O5S/c1-2-30(27,28)24-14-12-18(13-15-24)22(26)29-16-21(25)23-20-11-7-6-10-19(20)17-8-4-3-5-9-17/h3-11,18H,2,12-16H2,1H3,(H,23,25). The van der Waals surface area contributed by atoms with Crippen molar-refractivity contribution in [2.75, 3.05) is 30.8 Å². The zero-order valence-corrected chi connectivity index (χ0v) is 17.7. The molecule has 2 aromatic rings. The molecular formula is C22H26N2O5S. The molecule has 1 N–H and O–H groups in total. The maximum Gasteiger partial charge on any atom is 0.309 e. The normalized spacial score (nSPS) is 15.5. The van der Waals surface area contributed by atoms with E-state index in [4.69, 9.17) is 4.74 Å². The second kappa shape index (κ2) is 9.86. The van der Waals surface area contributed by atoms with Gasteiger partial charge in [-0.3, -0.25) is 9.59 Å². The van der Waals surface area contributed by atoms with Crippen LogP contribution in [0, 0.1) is 5.92 Å². The van der Waals surface area contributed by atoms with E-state index >= 15 is 0 Å². The van der Waals surface area contributed by atoms with E-state index in [0.29, 0.717) is 31.6 Å². The number of para-hydroxylation sites is 1. The van der Waals surface area contributed by atoms with Crippen LogP contribution in [0.15, 0.2) is 54.6 Å². The number of carbonyl (C=O) groups is 2. The van der Waals surface area contributed by atoms with Crippen LogP contribution >= 0.6 is 0 Å². The summed E-state index contributed by atoms with van der Waals surface area (Å²) in [4.78, 5) is 24.6. The minimum Gasteiger partial charge on any atom is -0.455 e. The van der Waals surface area contributed by atoms with Gasteiger partial charge in [-0.25, -0.2) is 12.7 Å². The Bertz CT molecular complexity index is 984. The molecule has 1 aliphatic rings. The number of anilines is 1. The van der Waals surface area contributed by atoms with Gasteiger partial charge in [-0.1, -0.05) is 48.5 Å². The van der Waals surface area contributed by atoms with Crippen LogP contribution < -0.4 is 5.32 Å². The van der Waals surface area contributed by atoms with E-state index in [1.165, 1.54) is 4.31 Å². The van der Waals surface area contributed by atoms with Crippen molar-refractivity contribution >= 4 is 27.6 Å². The maximum atomic E-state index is 12.3. The van der Waals surface area contributed by atoms with Crippen LogP contribution in [-0.4, -0.2) is 50.0 Å². The van der Waals surface area contributed by atoms with Crippen LogP contribution in [-0.2, 0) is 24.3 Å². The molecule has 30 heavy (non-hydrogen) atoms. The van der Waals surface area contributed by atoms with E-state index in [-0.39, 0.29) is 12.4 Å². The Morgan fingerprint density at radius 3 is 2.33 bits per heavy atom. The number of esters is 1. The zero-order chi connectivity index (χ0) is 21.6. The van der Waals surface area contributed by atoms with Gasteiger partial charge in [0.05, 0.1) is 11.7 Å². The van der Waals surface area contributed by atoms with Gasteiger partial charge in [0.25, 0.3) is 5.91 Å². The van der Waals surface area contributed by atoms with Gasteiger partial charge in [0.2, 0.25) is 10.0 Å². The lowest BCUT2D eigenvalue weighted by atomic mass is 9.98. The molecule has 0 saturated carbocycles. The molecule has 0 unspecified atom stereocenters. The predicted molar refractivity (Wildman–Crippen MR) is 115 cm³/mol. The van der Waals surface area contributed by atoms with Gasteiger partial charge in [-0.05, 0) is 31.4 Å². The maximum absolute atomic E-state index is 12.3. The third-order valence-electron chi connectivity index (χ3n) is 5.18. The van der Waals surface area contributed by atoms with E-state index in [0.717, 1.165) is 11.1 Å². The van der Waals surface area contributed by atoms with Crippen molar-refractivity contribution in [1.29, 1.82) is 0 Å². The minimum absolute atomic E-state index is 0.0484. The van der Waals surface area contributed by atoms with Crippen LogP contribution in [0.25, 0.3) is 11.1 Å². The van der Waals surface area contributed by atoms with E-state index in [1.54, 1.807) is 13.0 Å². The lowest BCUT2D eigenvalue weighted by Gasteiger charge is -2.29. The monoisotopic (exact) mass is 430 g/mol. The fraction of sp³-hybridized carbons (Fsp3) is 0.364. The molecule has 0 radical (unpaired) electrons. The molecule has 1 aliphatic heterocycles. The first kappa shape index (κ1) is 22.0. The Balaban J connectivity index is 1.52. The summed E-state index contributed by atoms with van der Waals surface area (Å²) >= 11 is 0. The highest BCUT2D eigenvalue weighted by atomic mass is 32.2. The molecule has 1 saturated heterocycles. The number of carbonyl (C=O) groups excluding carboxylic acids is 2. The topological polar surface area (TPSA) is 92.8 Å². The van der Waals surface area contributed by atoms with E-state index in [1.807, 2.05) is 48.5 Å². The zero-order valence-electron chi connectivity index (χ0n) is 16.9. The van der Waals surface area contributed by atoms with Gasteiger partial charge in [-0.15, -0.1) is 0 Å². The molecule has 7 nitrogen and oxygen atoms in total. The van der Waals surface area contributed by atoms with Crippen molar-refractivity contribution < 1.29 is 22.7 Å². The van der Waals surface area contributed by atoms with Crippen molar-refractivity contribution in [3.63, 3.8) is 0 Å².